The first-order valence-electron chi connectivity index (χ1n) is 19.5. The van der Waals surface area contributed by atoms with Crippen LogP contribution < -0.4 is 0 Å². The first-order chi connectivity index (χ1) is 24.6. The van der Waals surface area contributed by atoms with E-state index in [0.717, 1.165) is 49.7 Å². The van der Waals surface area contributed by atoms with E-state index < -0.39 is 30.1 Å². The molecule has 282 valence electrons. The lowest BCUT2D eigenvalue weighted by molar-refractivity contribution is -0.292. The maximum atomic E-state index is 14.0. The molecule has 0 aromatic heterocycles. The summed E-state index contributed by atoms with van der Waals surface area (Å²) in [6, 6.07) is 0. The molecule has 0 aliphatic carbocycles. The molecule has 12 nitrogen and oxygen atoms in total. The topological polar surface area (TPSA) is 137 Å². The molecule has 1 spiro atoms. The third kappa shape index (κ3) is 6.38. The predicted molar refractivity (Wildman–Crippen MR) is 179 cm³/mol. The lowest BCUT2D eigenvalue weighted by atomic mass is 9.81. The molecule has 0 aromatic carbocycles. The highest BCUT2D eigenvalue weighted by Crippen LogP contribution is 2.54. The Morgan fingerprint density at radius 2 is 1.53 bits per heavy atom. The van der Waals surface area contributed by atoms with Crippen molar-refractivity contribution in [3.63, 3.8) is 0 Å². The molecule has 0 amide bonds. The van der Waals surface area contributed by atoms with E-state index in [1.807, 2.05) is 0 Å². The van der Waals surface area contributed by atoms with Gasteiger partial charge in [-0.1, -0.05) is 20.1 Å². The largest absolute Gasteiger partial charge is 0.481 e. The van der Waals surface area contributed by atoms with Crippen LogP contribution in [0.3, 0.4) is 0 Å². The zero-order valence-electron chi connectivity index (χ0n) is 29.9. The van der Waals surface area contributed by atoms with Gasteiger partial charge in [-0.05, 0) is 62.0 Å². The molecule has 51 heavy (non-hydrogen) atoms. The highest BCUT2D eigenvalue weighted by Gasteiger charge is 2.68. The Kier molecular flexibility index (Phi) is 9.28. The second-order valence-electron chi connectivity index (χ2n) is 16.9. The van der Waals surface area contributed by atoms with Gasteiger partial charge in [-0.3, -0.25) is 9.59 Å². The fourth-order valence-electron chi connectivity index (χ4n) is 11.1. The van der Waals surface area contributed by atoms with E-state index in [1.165, 1.54) is 0 Å². The number of ketones is 1. The number of Topliss-reactive ketones (excluding diaryl/α,β-unsaturated/α-hetero) is 1. The van der Waals surface area contributed by atoms with E-state index in [4.69, 9.17) is 42.6 Å². The van der Waals surface area contributed by atoms with Crippen LogP contribution in [0.5, 0.6) is 0 Å². The maximum absolute atomic E-state index is 14.0. The predicted octanol–water partition coefficient (Wildman–Crippen LogP) is 4.20. The first kappa shape index (κ1) is 35.0. The number of carbonyl (C=O) groups excluding carboxylic acids is 1. The van der Waals surface area contributed by atoms with Crippen LogP contribution in [0, 0.1) is 11.8 Å². The molecule has 10 rings (SSSR count). The number of fused-ring (bicyclic) bond motifs is 6. The van der Waals surface area contributed by atoms with Crippen LogP contribution >= 0.6 is 0 Å². The third-order valence-electron chi connectivity index (χ3n) is 13.6. The van der Waals surface area contributed by atoms with Crippen molar-refractivity contribution < 1.29 is 57.3 Å². The Morgan fingerprint density at radius 3 is 2.35 bits per heavy atom. The molecule has 18 atom stereocenters. The normalized spacial score (nSPS) is 52.4. The van der Waals surface area contributed by atoms with E-state index in [-0.39, 0.29) is 110 Å². The molecular formula is C39H54O12. The van der Waals surface area contributed by atoms with Crippen LogP contribution in [0.15, 0.2) is 24.3 Å². The van der Waals surface area contributed by atoms with Crippen molar-refractivity contribution in [2.45, 2.75) is 188 Å². The fourth-order valence-corrected chi connectivity index (χ4v) is 11.1. The van der Waals surface area contributed by atoms with Crippen LogP contribution in [0.1, 0.15) is 90.4 Å². The molecule has 10 saturated heterocycles. The summed E-state index contributed by atoms with van der Waals surface area (Å²) in [5.74, 6) is -1.81. The van der Waals surface area contributed by atoms with Crippen molar-refractivity contribution in [3.05, 3.63) is 24.3 Å². The Bertz CT molecular complexity index is 1400. The van der Waals surface area contributed by atoms with E-state index in [9.17, 15) is 14.7 Å². The molecule has 10 fully saturated rings. The zero-order chi connectivity index (χ0) is 35.2. The average Bonchev–Trinajstić information content (AvgIpc) is 3.76. The molecule has 10 heterocycles. The van der Waals surface area contributed by atoms with Crippen LogP contribution in [0.4, 0.5) is 0 Å². The number of carbonyl (C=O) groups is 2. The number of carboxylic acid groups (broad SMARTS) is 1. The minimum Gasteiger partial charge on any atom is -0.481 e. The quantitative estimate of drug-likeness (QED) is 0.420. The molecule has 10 aliphatic rings. The van der Waals surface area contributed by atoms with Gasteiger partial charge in [0.15, 0.2) is 5.79 Å². The van der Waals surface area contributed by atoms with Gasteiger partial charge in [0.25, 0.3) is 0 Å². The van der Waals surface area contributed by atoms with E-state index in [2.05, 4.69) is 20.1 Å². The van der Waals surface area contributed by atoms with Gasteiger partial charge in [0.1, 0.15) is 36.3 Å². The number of methoxy groups -OCH3 is 1. The van der Waals surface area contributed by atoms with Crippen LogP contribution in [0.2, 0.25) is 0 Å². The van der Waals surface area contributed by atoms with Gasteiger partial charge in [0.05, 0.1) is 67.5 Å². The molecule has 12 bridgehead atoms. The van der Waals surface area contributed by atoms with Gasteiger partial charge in [-0.2, -0.15) is 0 Å². The number of carboxylic acids is 1. The smallest absolute Gasteiger partial charge is 0.306 e. The lowest BCUT2D eigenvalue weighted by Crippen LogP contribution is -2.61. The first-order valence-corrected chi connectivity index (χ1v) is 19.5. The molecular weight excluding hydrogens is 660 g/mol. The monoisotopic (exact) mass is 714 g/mol. The lowest BCUT2D eigenvalue weighted by Gasteiger charge is -2.47. The Morgan fingerprint density at radius 1 is 0.784 bits per heavy atom. The van der Waals surface area contributed by atoms with Crippen LogP contribution in [-0.2, 0) is 52.2 Å². The summed E-state index contributed by atoms with van der Waals surface area (Å²) in [4.78, 5) is 25.8. The molecule has 10 aliphatic heterocycles. The Labute approximate surface area is 299 Å². The Hall–Kier alpha value is -1.74. The molecule has 6 unspecified atom stereocenters. The van der Waals surface area contributed by atoms with Crippen molar-refractivity contribution in [3.8, 4) is 0 Å². The van der Waals surface area contributed by atoms with Gasteiger partial charge in [-0.15, -0.1) is 0 Å². The summed E-state index contributed by atoms with van der Waals surface area (Å²) in [7, 11) is 1.57. The third-order valence-corrected chi connectivity index (χ3v) is 13.6. The van der Waals surface area contributed by atoms with Gasteiger partial charge >= 0.3 is 5.97 Å². The van der Waals surface area contributed by atoms with Crippen LogP contribution in [-0.4, -0.2) is 121 Å². The van der Waals surface area contributed by atoms with Crippen molar-refractivity contribution in [2.75, 3.05) is 7.11 Å². The number of hydrogen-bond acceptors (Lipinski definition) is 11. The van der Waals surface area contributed by atoms with E-state index in [1.54, 1.807) is 7.11 Å². The molecule has 0 aromatic rings. The highest BCUT2D eigenvalue weighted by molar-refractivity contribution is 5.79. The summed E-state index contributed by atoms with van der Waals surface area (Å²) < 4.78 is 59.4. The van der Waals surface area contributed by atoms with Gasteiger partial charge < -0.3 is 47.7 Å². The van der Waals surface area contributed by atoms with Crippen molar-refractivity contribution in [1.29, 1.82) is 0 Å². The van der Waals surface area contributed by atoms with Gasteiger partial charge in [-0.25, -0.2) is 0 Å². The SMILES string of the molecule is C=C1CC2CC[C@@]34CC5O[C@H]6[C@@H](O3)[C@H]3O[C@H](CC[C@@H]3O[C@H]6[C@H]5O4)CC(=O)CC3C(C[C@H]4OC(CCC1O2)C[C@@H](C)C4=C)O[C@H](CC(=O)O)[C@@H]3OC. The van der Waals surface area contributed by atoms with E-state index >= 15 is 0 Å². The summed E-state index contributed by atoms with van der Waals surface area (Å²) >= 11 is 0. The van der Waals surface area contributed by atoms with Gasteiger partial charge in [0.2, 0.25) is 0 Å². The van der Waals surface area contributed by atoms with Crippen molar-refractivity contribution >= 4 is 11.8 Å². The second kappa shape index (κ2) is 13.5. The number of hydrogen-bond donors (Lipinski definition) is 1. The standard InChI is InChI=1S/C39H54O12/c1-18-11-22-5-7-26-19(2)12-24(44-26)9-10-39-17-31-35(50-39)36-37(49-31)38(51-39)34-27(48-36)8-6-23(46-34)13-21(40)14-25-29(15-28(45-22)20(18)3)47-30(16-32(41)42)33(25)43-4/h18,22-31,33-38H,2-3,5-17H2,1,4H3,(H,41,42)/t18-,22?,23-,24?,25?,26?,27+,28-,29?,30-,31?,33-,34+,35+,36+,37-,38+,39+/m1/s1. The summed E-state index contributed by atoms with van der Waals surface area (Å²) in [6.07, 6.45) is 3.77. The molecule has 12 heteroatoms. The molecule has 1 N–H and O–H groups in total. The zero-order valence-corrected chi connectivity index (χ0v) is 29.9. The van der Waals surface area contributed by atoms with Crippen LogP contribution in [0.25, 0.3) is 0 Å². The van der Waals surface area contributed by atoms with Gasteiger partial charge in [0, 0.05) is 45.1 Å². The molecule has 0 saturated carbocycles. The number of ether oxygens (including phenoxy) is 9. The maximum Gasteiger partial charge on any atom is 0.306 e. The van der Waals surface area contributed by atoms with E-state index in [0.29, 0.717) is 25.7 Å². The second-order valence-corrected chi connectivity index (χ2v) is 16.9. The summed E-state index contributed by atoms with van der Waals surface area (Å²) in [5, 5.41) is 9.72. The highest BCUT2D eigenvalue weighted by atomic mass is 16.8. The minimum absolute atomic E-state index is 0.00807. The fraction of sp³-hybridized carbons (Fsp3) is 0.846. The Balaban J connectivity index is 0.997. The minimum atomic E-state index is -0.966. The van der Waals surface area contributed by atoms with Crippen molar-refractivity contribution in [1.82, 2.24) is 0 Å². The summed E-state index contributed by atoms with van der Waals surface area (Å²) in [6.45, 7) is 11.0. The molecule has 0 radical (unpaired) electrons. The number of rotatable bonds is 3. The number of aliphatic carboxylic acids is 1. The van der Waals surface area contributed by atoms with Crippen molar-refractivity contribution in [2.24, 2.45) is 11.8 Å². The summed E-state index contributed by atoms with van der Waals surface area (Å²) in [5.41, 5.74) is 2.13. The average molecular weight is 715 g/mol.